The van der Waals surface area contributed by atoms with Crippen LogP contribution < -0.4 is 9.47 Å². The maximum absolute atomic E-state index is 14.2. The van der Waals surface area contributed by atoms with Crippen molar-refractivity contribution in [2.24, 2.45) is 0 Å². The van der Waals surface area contributed by atoms with E-state index in [1.54, 1.807) is 6.92 Å². The Bertz CT molecular complexity index is 508. The fraction of sp³-hybridized carbons (Fsp3) is 0.533. The minimum absolute atomic E-state index is 0.144. The molecule has 0 aliphatic carbocycles. The smallest absolute Gasteiger partial charge is 0.339 e. The van der Waals surface area contributed by atoms with Crippen LogP contribution >= 0.6 is 0 Å². The van der Waals surface area contributed by atoms with E-state index in [1.807, 2.05) is 0 Å². The fourth-order valence-corrected chi connectivity index (χ4v) is 1.95. The number of aliphatic hydroxyl groups is 1. The van der Waals surface area contributed by atoms with Crippen LogP contribution in [0.15, 0.2) is 12.1 Å². The molecule has 1 atom stereocenters. The minimum atomic E-state index is -1.66. The van der Waals surface area contributed by atoms with Gasteiger partial charge in [0.15, 0.2) is 6.10 Å². The average molecular weight is 300 g/mol. The van der Waals surface area contributed by atoms with Crippen LogP contribution in [0.1, 0.15) is 38.0 Å². The molecule has 1 unspecified atom stereocenters. The zero-order valence-electron chi connectivity index (χ0n) is 12.9. The van der Waals surface area contributed by atoms with E-state index in [0.717, 1.165) is 0 Å². The molecular formula is C15H21FO5. The van der Waals surface area contributed by atoms with Crippen LogP contribution in [-0.4, -0.2) is 31.9 Å². The normalized spacial score (nSPS) is 12.7. The van der Waals surface area contributed by atoms with E-state index >= 15 is 0 Å². The Hall–Kier alpha value is -1.82. The topological polar surface area (TPSA) is 65.0 Å². The summed E-state index contributed by atoms with van der Waals surface area (Å²) in [5.74, 6) is -0.385. The number of hydrogen-bond acceptors (Lipinski definition) is 5. The molecule has 0 saturated heterocycles. The summed E-state index contributed by atoms with van der Waals surface area (Å²) in [7, 11) is 2.76. The molecular weight excluding hydrogens is 279 g/mol. The van der Waals surface area contributed by atoms with Crippen molar-refractivity contribution in [2.75, 3.05) is 20.8 Å². The Morgan fingerprint density at radius 2 is 1.86 bits per heavy atom. The van der Waals surface area contributed by atoms with Crippen molar-refractivity contribution in [3.05, 3.63) is 23.3 Å². The van der Waals surface area contributed by atoms with Crippen LogP contribution in [0.5, 0.6) is 11.5 Å². The van der Waals surface area contributed by atoms with Gasteiger partial charge in [-0.3, -0.25) is 0 Å². The van der Waals surface area contributed by atoms with Crippen LogP contribution in [0.2, 0.25) is 0 Å². The summed E-state index contributed by atoms with van der Waals surface area (Å²) in [6, 6.07) is 2.80. The third-order valence-corrected chi connectivity index (χ3v) is 3.00. The molecule has 21 heavy (non-hydrogen) atoms. The largest absolute Gasteiger partial charge is 0.496 e. The van der Waals surface area contributed by atoms with E-state index in [4.69, 9.17) is 14.2 Å². The first kappa shape index (κ1) is 17.2. The molecule has 0 amide bonds. The number of carbonyl (C=O) groups excluding carboxylic acids is 1. The van der Waals surface area contributed by atoms with Gasteiger partial charge in [0.2, 0.25) is 0 Å². The molecule has 0 saturated carbocycles. The van der Waals surface area contributed by atoms with Crippen molar-refractivity contribution < 1.29 is 28.5 Å². The second kappa shape index (κ2) is 6.76. The highest BCUT2D eigenvalue weighted by Gasteiger charge is 2.29. The van der Waals surface area contributed by atoms with Crippen LogP contribution in [0.3, 0.4) is 0 Å². The zero-order chi connectivity index (χ0) is 16.2. The van der Waals surface area contributed by atoms with Crippen LogP contribution in [0, 0.1) is 0 Å². The summed E-state index contributed by atoms with van der Waals surface area (Å²) in [6.45, 7) is 4.54. The van der Waals surface area contributed by atoms with Crippen molar-refractivity contribution in [1.82, 2.24) is 0 Å². The predicted octanol–water partition coefficient (Wildman–Crippen LogP) is 2.50. The first-order valence-electron chi connectivity index (χ1n) is 6.56. The molecule has 1 aromatic rings. The van der Waals surface area contributed by atoms with Crippen LogP contribution in [0.4, 0.5) is 4.39 Å². The van der Waals surface area contributed by atoms with Crippen molar-refractivity contribution in [2.45, 2.75) is 32.5 Å². The number of methoxy groups -OCH3 is 2. The molecule has 0 radical (unpaired) electrons. The standard InChI is InChI=1S/C15H21FO5/c1-6-21-14(18)13(17)9-7-12(20-5)10(15(2,3)16)8-11(9)19-4/h7-8,13,17H,6H2,1-5H3. The first-order chi connectivity index (χ1) is 9.76. The van der Waals surface area contributed by atoms with Gasteiger partial charge in [0.25, 0.3) is 0 Å². The molecule has 0 aliphatic rings. The van der Waals surface area contributed by atoms with E-state index in [2.05, 4.69) is 0 Å². The van der Waals surface area contributed by atoms with E-state index in [-0.39, 0.29) is 29.2 Å². The number of benzene rings is 1. The third kappa shape index (κ3) is 3.85. The Labute approximate surface area is 123 Å². The third-order valence-electron chi connectivity index (χ3n) is 3.00. The number of carbonyl (C=O) groups is 1. The number of ether oxygens (including phenoxy) is 3. The van der Waals surface area contributed by atoms with E-state index in [9.17, 15) is 14.3 Å². The Kier molecular flexibility index (Phi) is 5.54. The molecule has 0 aliphatic heterocycles. The summed E-state index contributed by atoms with van der Waals surface area (Å²) in [5.41, 5.74) is -1.23. The summed E-state index contributed by atoms with van der Waals surface area (Å²) in [6.07, 6.45) is -1.52. The Morgan fingerprint density at radius 1 is 1.29 bits per heavy atom. The number of rotatable bonds is 6. The predicted molar refractivity (Wildman–Crippen MR) is 75.3 cm³/mol. The highest BCUT2D eigenvalue weighted by Crippen LogP contribution is 2.39. The van der Waals surface area contributed by atoms with Crippen molar-refractivity contribution >= 4 is 5.97 Å². The molecule has 1 N–H and O–H groups in total. The molecule has 1 rings (SSSR count). The van der Waals surface area contributed by atoms with Gasteiger partial charge in [-0.05, 0) is 32.9 Å². The lowest BCUT2D eigenvalue weighted by molar-refractivity contribution is -0.153. The summed E-state index contributed by atoms with van der Waals surface area (Å²) in [5, 5.41) is 10.0. The Balaban J connectivity index is 3.37. The van der Waals surface area contributed by atoms with Gasteiger partial charge in [0.1, 0.15) is 17.2 Å². The van der Waals surface area contributed by atoms with Crippen molar-refractivity contribution in [3.8, 4) is 11.5 Å². The summed E-state index contributed by atoms with van der Waals surface area (Å²) >= 11 is 0. The average Bonchev–Trinajstić information content (AvgIpc) is 2.44. The van der Waals surface area contributed by atoms with Crippen molar-refractivity contribution in [3.63, 3.8) is 0 Å². The number of hydrogen-bond donors (Lipinski definition) is 1. The molecule has 0 aromatic heterocycles. The van der Waals surface area contributed by atoms with Gasteiger partial charge >= 0.3 is 5.97 Å². The second-order valence-electron chi connectivity index (χ2n) is 4.92. The Morgan fingerprint density at radius 3 is 2.29 bits per heavy atom. The number of esters is 1. The van der Waals surface area contributed by atoms with Gasteiger partial charge < -0.3 is 19.3 Å². The molecule has 0 bridgehead atoms. The molecule has 0 spiro atoms. The number of alkyl halides is 1. The first-order valence-corrected chi connectivity index (χ1v) is 6.56. The molecule has 6 heteroatoms. The van der Waals surface area contributed by atoms with Gasteiger partial charge in [-0.2, -0.15) is 0 Å². The van der Waals surface area contributed by atoms with E-state index in [0.29, 0.717) is 0 Å². The maximum Gasteiger partial charge on any atom is 0.339 e. The van der Waals surface area contributed by atoms with Crippen LogP contribution in [-0.2, 0) is 15.2 Å². The van der Waals surface area contributed by atoms with Crippen LogP contribution in [0.25, 0.3) is 0 Å². The molecule has 118 valence electrons. The molecule has 1 aromatic carbocycles. The van der Waals surface area contributed by atoms with Gasteiger partial charge in [0, 0.05) is 11.1 Å². The number of aliphatic hydroxyl groups excluding tert-OH is 1. The molecule has 5 nitrogen and oxygen atoms in total. The van der Waals surface area contributed by atoms with Gasteiger partial charge in [-0.25, -0.2) is 9.18 Å². The summed E-state index contributed by atoms with van der Waals surface area (Å²) < 4.78 is 29.3. The quantitative estimate of drug-likeness (QED) is 0.818. The minimum Gasteiger partial charge on any atom is -0.496 e. The highest BCUT2D eigenvalue weighted by molar-refractivity contribution is 5.77. The van der Waals surface area contributed by atoms with E-state index in [1.165, 1.54) is 40.2 Å². The van der Waals surface area contributed by atoms with Crippen molar-refractivity contribution in [1.29, 1.82) is 0 Å². The zero-order valence-corrected chi connectivity index (χ0v) is 12.9. The van der Waals surface area contributed by atoms with Gasteiger partial charge in [-0.15, -0.1) is 0 Å². The second-order valence-corrected chi connectivity index (χ2v) is 4.92. The van der Waals surface area contributed by atoms with Gasteiger partial charge in [-0.1, -0.05) is 0 Å². The summed E-state index contributed by atoms with van der Waals surface area (Å²) in [4.78, 5) is 11.7. The number of halogens is 1. The van der Waals surface area contributed by atoms with E-state index < -0.39 is 17.7 Å². The molecule has 0 heterocycles. The fourth-order valence-electron chi connectivity index (χ4n) is 1.95. The van der Waals surface area contributed by atoms with Gasteiger partial charge in [0.05, 0.1) is 20.8 Å². The maximum atomic E-state index is 14.2. The monoisotopic (exact) mass is 300 g/mol. The lowest BCUT2D eigenvalue weighted by Gasteiger charge is -2.22. The molecule has 0 fully saturated rings. The highest BCUT2D eigenvalue weighted by atomic mass is 19.1. The SMILES string of the molecule is CCOC(=O)C(O)c1cc(OC)c(C(C)(C)F)cc1OC. The lowest BCUT2D eigenvalue weighted by atomic mass is 9.95. The lowest BCUT2D eigenvalue weighted by Crippen LogP contribution is -2.18.